The number of benzene rings is 1. The highest BCUT2D eigenvalue weighted by Crippen LogP contribution is 2.11. The van der Waals surface area contributed by atoms with Crippen LogP contribution in [0.1, 0.15) is 6.92 Å². The fourth-order valence-corrected chi connectivity index (χ4v) is 1.47. The Morgan fingerprint density at radius 1 is 1.25 bits per heavy atom. The van der Waals surface area contributed by atoms with Gasteiger partial charge >= 0.3 is 0 Å². The molecule has 0 unspecified atom stereocenters. The van der Waals surface area contributed by atoms with E-state index in [0.29, 0.717) is 0 Å². The zero-order chi connectivity index (χ0) is 8.81. The Kier molecular flexibility index (Phi) is 4.01. The molecule has 12 heavy (non-hydrogen) atoms. The SMILES string of the molecule is CCN(CCS)c1ccccc1. The molecule has 0 N–H and O–H groups in total. The summed E-state index contributed by atoms with van der Waals surface area (Å²) in [5.74, 6) is 0.905. The summed E-state index contributed by atoms with van der Waals surface area (Å²) in [7, 11) is 0. The fourth-order valence-electron chi connectivity index (χ4n) is 1.23. The van der Waals surface area contributed by atoms with E-state index in [4.69, 9.17) is 0 Å². The molecule has 66 valence electrons. The molecule has 0 saturated carbocycles. The lowest BCUT2D eigenvalue weighted by molar-refractivity contribution is 0.874. The van der Waals surface area contributed by atoms with Gasteiger partial charge in [0.15, 0.2) is 0 Å². The van der Waals surface area contributed by atoms with Crippen LogP contribution in [0.15, 0.2) is 30.3 Å². The molecule has 0 amide bonds. The first-order chi connectivity index (χ1) is 5.88. The van der Waals surface area contributed by atoms with Gasteiger partial charge < -0.3 is 4.90 Å². The standard InChI is InChI=1S/C10H15NS/c1-2-11(8-9-12)10-6-4-3-5-7-10/h3-7,12H,2,8-9H2,1H3. The van der Waals surface area contributed by atoms with Crippen molar-refractivity contribution in [2.75, 3.05) is 23.7 Å². The minimum Gasteiger partial charge on any atom is -0.371 e. The summed E-state index contributed by atoms with van der Waals surface area (Å²) in [5.41, 5.74) is 1.29. The molecule has 1 aromatic rings. The lowest BCUT2D eigenvalue weighted by Gasteiger charge is -2.21. The highest BCUT2D eigenvalue weighted by molar-refractivity contribution is 7.80. The zero-order valence-corrected chi connectivity index (χ0v) is 8.30. The van der Waals surface area contributed by atoms with Crippen LogP contribution in [0.25, 0.3) is 0 Å². The monoisotopic (exact) mass is 181 g/mol. The third kappa shape index (κ3) is 2.45. The lowest BCUT2D eigenvalue weighted by atomic mass is 10.3. The second-order valence-electron chi connectivity index (χ2n) is 2.64. The first kappa shape index (κ1) is 9.46. The summed E-state index contributed by atoms with van der Waals surface area (Å²) in [6.07, 6.45) is 0. The molecular weight excluding hydrogens is 166 g/mol. The van der Waals surface area contributed by atoms with Crippen LogP contribution in [0.5, 0.6) is 0 Å². The Balaban J connectivity index is 2.66. The maximum atomic E-state index is 4.22. The molecule has 0 heterocycles. The Morgan fingerprint density at radius 3 is 2.42 bits per heavy atom. The Bertz CT molecular complexity index is 210. The van der Waals surface area contributed by atoms with Gasteiger partial charge in [0.1, 0.15) is 0 Å². The highest BCUT2D eigenvalue weighted by atomic mass is 32.1. The predicted molar refractivity (Wildman–Crippen MR) is 58.2 cm³/mol. The van der Waals surface area contributed by atoms with E-state index in [2.05, 4.69) is 48.7 Å². The predicted octanol–water partition coefficient (Wildman–Crippen LogP) is 2.44. The van der Waals surface area contributed by atoms with Crippen molar-refractivity contribution in [1.82, 2.24) is 0 Å². The number of hydrogen-bond acceptors (Lipinski definition) is 2. The topological polar surface area (TPSA) is 3.24 Å². The van der Waals surface area contributed by atoms with Crippen LogP contribution in [0.2, 0.25) is 0 Å². The average molecular weight is 181 g/mol. The number of thiol groups is 1. The van der Waals surface area contributed by atoms with E-state index in [1.165, 1.54) is 5.69 Å². The summed E-state index contributed by atoms with van der Waals surface area (Å²) >= 11 is 4.22. The number of anilines is 1. The Morgan fingerprint density at radius 2 is 1.92 bits per heavy atom. The molecule has 0 saturated heterocycles. The molecule has 0 aliphatic rings. The molecule has 0 radical (unpaired) electrons. The average Bonchev–Trinajstić information content (AvgIpc) is 2.15. The molecule has 0 spiro atoms. The van der Waals surface area contributed by atoms with Crippen LogP contribution in [0, 0.1) is 0 Å². The normalized spacial score (nSPS) is 9.83. The quantitative estimate of drug-likeness (QED) is 0.698. The number of para-hydroxylation sites is 1. The second kappa shape index (κ2) is 5.09. The summed E-state index contributed by atoms with van der Waals surface area (Å²) < 4.78 is 0. The minimum atomic E-state index is 0.905. The van der Waals surface area contributed by atoms with Crippen molar-refractivity contribution < 1.29 is 0 Å². The first-order valence-electron chi connectivity index (χ1n) is 4.29. The van der Waals surface area contributed by atoms with Crippen molar-refractivity contribution in [1.29, 1.82) is 0 Å². The molecule has 1 rings (SSSR count). The van der Waals surface area contributed by atoms with Gasteiger partial charge in [-0.1, -0.05) is 18.2 Å². The summed E-state index contributed by atoms with van der Waals surface area (Å²) in [6, 6.07) is 10.4. The smallest absolute Gasteiger partial charge is 0.0366 e. The van der Waals surface area contributed by atoms with Crippen molar-refractivity contribution in [3.05, 3.63) is 30.3 Å². The molecule has 0 aliphatic carbocycles. The van der Waals surface area contributed by atoms with Gasteiger partial charge in [-0.15, -0.1) is 0 Å². The third-order valence-corrected chi connectivity index (χ3v) is 2.07. The van der Waals surface area contributed by atoms with Gasteiger partial charge in [-0.25, -0.2) is 0 Å². The van der Waals surface area contributed by atoms with E-state index in [-0.39, 0.29) is 0 Å². The Labute approximate surface area is 79.8 Å². The van der Waals surface area contributed by atoms with Crippen LogP contribution in [-0.4, -0.2) is 18.8 Å². The molecule has 0 aromatic heterocycles. The number of rotatable bonds is 4. The lowest BCUT2D eigenvalue weighted by Crippen LogP contribution is -2.24. The highest BCUT2D eigenvalue weighted by Gasteiger charge is 1.99. The van der Waals surface area contributed by atoms with Crippen LogP contribution in [-0.2, 0) is 0 Å². The van der Waals surface area contributed by atoms with E-state index in [9.17, 15) is 0 Å². The second-order valence-corrected chi connectivity index (χ2v) is 3.09. The number of nitrogens with zero attached hydrogens (tertiary/aromatic N) is 1. The molecule has 0 aliphatic heterocycles. The molecule has 1 aromatic carbocycles. The van der Waals surface area contributed by atoms with Crippen molar-refractivity contribution in [2.24, 2.45) is 0 Å². The van der Waals surface area contributed by atoms with Gasteiger partial charge in [-0.2, -0.15) is 12.6 Å². The van der Waals surface area contributed by atoms with E-state index in [1.807, 2.05) is 6.07 Å². The zero-order valence-electron chi connectivity index (χ0n) is 7.40. The molecule has 0 atom stereocenters. The summed E-state index contributed by atoms with van der Waals surface area (Å²) in [6.45, 7) is 4.23. The molecular formula is C10H15NS. The molecule has 0 bridgehead atoms. The maximum absolute atomic E-state index is 4.22. The molecule has 2 heteroatoms. The minimum absolute atomic E-state index is 0.905. The van der Waals surface area contributed by atoms with Crippen molar-refractivity contribution in [3.63, 3.8) is 0 Å². The van der Waals surface area contributed by atoms with Crippen LogP contribution in [0.4, 0.5) is 5.69 Å². The van der Waals surface area contributed by atoms with Crippen molar-refractivity contribution in [2.45, 2.75) is 6.92 Å². The summed E-state index contributed by atoms with van der Waals surface area (Å²) in [4.78, 5) is 2.31. The Hall–Kier alpha value is -0.630. The van der Waals surface area contributed by atoms with Crippen molar-refractivity contribution >= 4 is 18.3 Å². The van der Waals surface area contributed by atoms with Crippen LogP contribution in [0.3, 0.4) is 0 Å². The van der Waals surface area contributed by atoms with Gasteiger partial charge in [0.2, 0.25) is 0 Å². The molecule has 0 fully saturated rings. The summed E-state index contributed by atoms with van der Waals surface area (Å²) in [5, 5.41) is 0. The van der Waals surface area contributed by atoms with Gasteiger partial charge in [0, 0.05) is 24.5 Å². The maximum Gasteiger partial charge on any atom is 0.0366 e. The third-order valence-electron chi connectivity index (χ3n) is 1.87. The van der Waals surface area contributed by atoms with Gasteiger partial charge in [0.25, 0.3) is 0 Å². The van der Waals surface area contributed by atoms with E-state index < -0.39 is 0 Å². The van der Waals surface area contributed by atoms with Gasteiger partial charge in [-0.3, -0.25) is 0 Å². The largest absolute Gasteiger partial charge is 0.371 e. The van der Waals surface area contributed by atoms with Gasteiger partial charge in [-0.05, 0) is 19.1 Å². The first-order valence-corrected chi connectivity index (χ1v) is 4.92. The van der Waals surface area contributed by atoms with Gasteiger partial charge in [0.05, 0.1) is 0 Å². The van der Waals surface area contributed by atoms with E-state index >= 15 is 0 Å². The van der Waals surface area contributed by atoms with Crippen LogP contribution < -0.4 is 4.90 Å². The molecule has 1 nitrogen and oxygen atoms in total. The van der Waals surface area contributed by atoms with E-state index in [1.54, 1.807) is 0 Å². The van der Waals surface area contributed by atoms with E-state index in [0.717, 1.165) is 18.8 Å². The van der Waals surface area contributed by atoms with Crippen molar-refractivity contribution in [3.8, 4) is 0 Å². The van der Waals surface area contributed by atoms with Crippen LogP contribution >= 0.6 is 12.6 Å². The fraction of sp³-hybridized carbons (Fsp3) is 0.400. The number of hydrogen-bond donors (Lipinski definition) is 1.